The summed E-state index contributed by atoms with van der Waals surface area (Å²) < 4.78 is 0. The van der Waals surface area contributed by atoms with Crippen molar-refractivity contribution >= 4 is 11.6 Å². The summed E-state index contributed by atoms with van der Waals surface area (Å²) in [5, 5.41) is 11.1. The number of hydrogen-bond donors (Lipinski definition) is 1. The standard InChI is InChI=1S/C14H19N3O3/c1-10-3-2-6-16(8-10)9-12-5-4-11(14(15)18)7-13(12)17(19)20/h4-5,7,10H,2-3,6,8-9H2,1H3,(H2,15,18)/t10-/m0/s1. The highest BCUT2D eigenvalue weighted by molar-refractivity contribution is 5.93. The van der Waals surface area contributed by atoms with Gasteiger partial charge in [0.2, 0.25) is 5.91 Å². The van der Waals surface area contributed by atoms with Crippen LogP contribution in [0.2, 0.25) is 0 Å². The van der Waals surface area contributed by atoms with Gasteiger partial charge >= 0.3 is 0 Å². The summed E-state index contributed by atoms with van der Waals surface area (Å²) in [6.45, 7) is 4.64. The van der Waals surface area contributed by atoms with E-state index < -0.39 is 10.8 Å². The molecule has 1 atom stereocenters. The fourth-order valence-corrected chi connectivity index (χ4v) is 2.69. The largest absolute Gasteiger partial charge is 0.366 e. The van der Waals surface area contributed by atoms with E-state index in [2.05, 4.69) is 11.8 Å². The highest BCUT2D eigenvalue weighted by Crippen LogP contribution is 2.24. The van der Waals surface area contributed by atoms with Gasteiger partial charge in [-0.15, -0.1) is 0 Å². The summed E-state index contributed by atoms with van der Waals surface area (Å²) in [4.78, 5) is 24.0. The highest BCUT2D eigenvalue weighted by Gasteiger charge is 2.21. The molecule has 108 valence electrons. The fraction of sp³-hybridized carbons (Fsp3) is 0.500. The van der Waals surface area contributed by atoms with Gasteiger partial charge in [-0.25, -0.2) is 0 Å². The number of nitro benzene ring substituents is 1. The quantitative estimate of drug-likeness (QED) is 0.672. The first-order chi connectivity index (χ1) is 9.47. The molecule has 0 saturated carbocycles. The Hall–Kier alpha value is -1.95. The molecule has 1 amide bonds. The van der Waals surface area contributed by atoms with Crippen molar-refractivity contribution in [3.8, 4) is 0 Å². The van der Waals surface area contributed by atoms with Crippen molar-refractivity contribution < 1.29 is 9.72 Å². The molecule has 1 aliphatic heterocycles. The van der Waals surface area contributed by atoms with Crippen LogP contribution in [-0.2, 0) is 6.54 Å². The fourth-order valence-electron chi connectivity index (χ4n) is 2.69. The molecule has 1 aromatic carbocycles. The minimum Gasteiger partial charge on any atom is -0.366 e. The van der Waals surface area contributed by atoms with Crippen LogP contribution in [0.25, 0.3) is 0 Å². The Morgan fingerprint density at radius 2 is 2.30 bits per heavy atom. The van der Waals surface area contributed by atoms with Crippen LogP contribution in [0, 0.1) is 16.0 Å². The number of likely N-dealkylation sites (tertiary alicyclic amines) is 1. The van der Waals surface area contributed by atoms with Crippen molar-refractivity contribution in [1.29, 1.82) is 0 Å². The second kappa shape index (κ2) is 6.00. The van der Waals surface area contributed by atoms with Crippen LogP contribution in [0.1, 0.15) is 35.7 Å². The Morgan fingerprint density at radius 3 is 2.90 bits per heavy atom. The van der Waals surface area contributed by atoms with Crippen LogP contribution in [-0.4, -0.2) is 28.8 Å². The van der Waals surface area contributed by atoms with E-state index >= 15 is 0 Å². The lowest BCUT2D eigenvalue weighted by molar-refractivity contribution is -0.385. The molecule has 1 fully saturated rings. The average Bonchev–Trinajstić information content (AvgIpc) is 2.38. The van der Waals surface area contributed by atoms with Gasteiger partial charge < -0.3 is 5.73 Å². The second-order valence-corrected chi connectivity index (χ2v) is 5.45. The van der Waals surface area contributed by atoms with Gasteiger partial charge in [-0.3, -0.25) is 19.8 Å². The van der Waals surface area contributed by atoms with E-state index in [1.54, 1.807) is 12.1 Å². The number of nitro groups is 1. The molecule has 0 spiro atoms. The van der Waals surface area contributed by atoms with Gasteiger partial charge in [0.15, 0.2) is 0 Å². The first-order valence-corrected chi connectivity index (χ1v) is 6.77. The van der Waals surface area contributed by atoms with Gasteiger partial charge in [0.1, 0.15) is 0 Å². The van der Waals surface area contributed by atoms with E-state index in [1.807, 2.05) is 0 Å². The number of carbonyl (C=O) groups excluding carboxylic acids is 1. The Balaban J connectivity index is 2.22. The van der Waals surface area contributed by atoms with Crippen molar-refractivity contribution in [3.05, 3.63) is 39.4 Å². The van der Waals surface area contributed by atoms with Crippen LogP contribution in [0.15, 0.2) is 18.2 Å². The number of hydrogen-bond acceptors (Lipinski definition) is 4. The van der Waals surface area contributed by atoms with Crippen molar-refractivity contribution in [2.24, 2.45) is 11.7 Å². The van der Waals surface area contributed by atoms with Gasteiger partial charge in [-0.05, 0) is 31.4 Å². The summed E-state index contributed by atoms with van der Waals surface area (Å²) in [7, 11) is 0. The lowest BCUT2D eigenvalue weighted by Gasteiger charge is -2.30. The van der Waals surface area contributed by atoms with E-state index in [9.17, 15) is 14.9 Å². The summed E-state index contributed by atoms with van der Waals surface area (Å²) in [5.41, 5.74) is 5.94. The van der Waals surface area contributed by atoms with Crippen molar-refractivity contribution in [1.82, 2.24) is 4.90 Å². The third-order valence-electron chi connectivity index (χ3n) is 3.70. The van der Waals surface area contributed by atoms with Gasteiger partial charge in [-0.1, -0.05) is 13.0 Å². The number of piperidine rings is 1. The molecule has 0 bridgehead atoms. The zero-order valence-electron chi connectivity index (χ0n) is 11.5. The molecule has 20 heavy (non-hydrogen) atoms. The Morgan fingerprint density at radius 1 is 1.55 bits per heavy atom. The number of benzene rings is 1. The van der Waals surface area contributed by atoms with Crippen LogP contribution in [0.5, 0.6) is 0 Å². The number of amides is 1. The monoisotopic (exact) mass is 277 g/mol. The van der Waals surface area contributed by atoms with E-state index in [0.29, 0.717) is 18.0 Å². The highest BCUT2D eigenvalue weighted by atomic mass is 16.6. The van der Waals surface area contributed by atoms with E-state index in [1.165, 1.54) is 12.5 Å². The molecular formula is C14H19N3O3. The molecule has 6 nitrogen and oxygen atoms in total. The molecular weight excluding hydrogens is 258 g/mol. The molecule has 6 heteroatoms. The van der Waals surface area contributed by atoms with Gasteiger partial charge in [0.05, 0.1) is 4.92 Å². The van der Waals surface area contributed by atoms with Crippen molar-refractivity contribution in [3.63, 3.8) is 0 Å². The maximum atomic E-state index is 11.1. The van der Waals surface area contributed by atoms with Crippen LogP contribution < -0.4 is 5.73 Å². The van der Waals surface area contributed by atoms with Crippen molar-refractivity contribution in [2.75, 3.05) is 13.1 Å². The first-order valence-electron chi connectivity index (χ1n) is 6.77. The lowest BCUT2D eigenvalue weighted by Crippen LogP contribution is -2.33. The van der Waals surface area contributed by atoms with Crippen LogP contribution >= 0.6 is 0 Å². The molecule has 0 aromatic heterocycles. The summed E-state index contributed by atoms with van der Waals surface area (Å²) in [5.74, 6) is -0.0288. The molecule has 2 rings (SSSR count). The number of nitrogens with zero attached hydrogens (tertiary/aromatic N) is 2. The maximum Gasteiger partial charge on any atom is 0.274 e. The zero-order valence-corrected chi connectivity index (χ0v) is 11.5. The van der Waals surface area contributed by atoms with Crippen molar-refractivity contribution in [2.45, 2.75) is 26.3 Å². The summed E-state index contributed by atoms with van der Waals surface area (Å²) in [6.07, 6.45) is 2.33. The molecule has 1 aromatic rings. The van der Waals surface area contributed by atoms with Gasteiger partial charge in [0.25, 0.3) is 5.69 Å². The topological polar surface area (TPSA) is 89.5 Å². The molecule has 1 saturated heterocycles. The number of carbonyl (C=O) groups is 1. The third-order valence-corrected chi connectivity index (χ3v) is 3.70. The SMILES string of the molecule is C[C@H]1CCCN(Cc2ccc(C(N)=O)cc2[N+](=O)[O-])C1. The third kappa shape index (κ3) is 3.33. The molecule has 2 N–H and O–H groups in total. The Labute approximate surface area is 117 Å². The zero-order chi connectivity index (χ0) is 14.7. The van der Waals surface area contributed by atoms with E-state index in [0.717, 1.165) is 19.5 Å². The molecule has 1 aliphatic rings. The minimum atomic E-state index is -0.647. The smallest absolute Gasteiger partial charge is 0.274 e. The second-order valence-electron chi connectivity index (χ2n) is 5.45. The molecule has 0 radical (unpaired) electrons. The lowest BCUT2D eigenvalue weighted by atomic mass is 9.99. The molecule has 0 aliphatic carbocycles. The maximum absolute atomic E-state index is 11.1. The summed E-state index contributed by atoms with van der Waals surface area (Å²) in [6, 6.07) is 4.46. The van der Waals surface area contributed by atoms with Gasteiger partial charge in [-0.2, -0.15) is 0 Å². The number of nitrogens with two attached hydrogens (primary N) is 1. The Kier molecular flexibility index (Phi) is 4.34. The average molecular weight is 277 g/mol. The normalized spacial score (nSPS) is 19.8. The number of primary amides is 1. The van der Waals surface area contributed by atoms with Crippen LogP contribution in [0.4, 0.5) is 5.69 Å². The van der Waals surface area contributed by atoms with Crippen LogP contribution in [0.3, 0.4) is 0 Å². The Bertz CT molecular complexity index is 530. The first kappa shape index (κ1) is 14.5. The predicted octanol–water partition coefficient (Wildman–Crippen LogP) is 1.93. The minimum absolute atomic E-state index is 0.0282. The van der Waals surface area contributed by atoms with E-state index in [-0.39, 0.29) is 11.3 Å². The molecule has 0 unspecified atom stereocenters. The predicted molar refractivity (Wildman–Crippen MR) is 75.3 cm³/mol. The molecule has 1 heterocycles. The summed E-state index contributed by atoms with van der Waals surface area (Å²) >= 11 is 0. The van der Waals surface area contributed by atoms with Gasteiger partial charge in [0, 0.05) is 30.3 Å². The number of rotatable bonds is 4. The van der Waals surface area contributed by atoms with E-state index in [4.69, 9.17) is 5.73 Å².